The molecule has 1 aromatic carbocycles. The van der Waals surface area contributed by atoms with E-state index >= 15 is 0 Å². The Morgan fingerprint density at radius 3 is 2.59 bits per heavy atom. The molecule has 2 heterocycles. The number of non-ortho nitro benzene ring substituents is 1. The van der Waals surface area contributed by atoms with Crippen LogP contribution in [0.1, 0.15) is 38.1 Å². The van der Waals surface area contributed by atoms with Gasteiger partial charge in [-0.15, -0.1) is 11.3 Å². The van der Waals surface area contributed by atoms with Crippen molar-refractivity contribution in [3.8, 4) is 11.3 Å². The van der Waals surface area contributed by atoms with Gasteiger partial charge in [0.1, 0.15) is 0 Å². The first-order valence-electron chi connectivity index (χ1n) is 9.12. The van der Waals surface area contributed by atoms with Gasteiger partial charge in [-0.2, -0.15) is 0 Å². The van der Waals surface area contributed by atoms with Crippen molar-refractivity contribution in [1.82, 2.24) is 9.55 Å². The second-order valence-electron chi connectivity index (χ2n) is 6.69. The Labute approximate surface area is 161 Å². The van der Waals surface area contributed by atoms with Crippen molar-refractivity contribution in [2.24, 2.45) is 4.99 Å². The number of hydrogen-bond acceptors (Lipinski definition) is 5. The van der Waals surface area contributed by atoms with E-state index in [-0.39, 0.29) is 10.6 Å². The molecule has 1 fully saturated rings. The molecule has 27 heavy (non-hydrogen) atoms. The van der Waals surface area contributed by atoms with E-state index in [1.54, 1.807) is 35.9 Å². The van der Waals surface area contributed by atoms with Gasteiger partial charge >= 0.3 is 0 Å². The number of nitrogens with zero attached hydrogens (tertiary/aromatic N) is 4. The molecule has 1 saturated carbocycles. The van der Waals surface area contributed by atoms with Gasteiger partial charge in [0.05, 0.1) is 22.5 Å². The van der Waals surface area contributed by atoms with Crippen LogP contribution in [0, 0.1) is 10.1 Å². The van der Waals surface area contributed by atoms with E-state index in [1.165, 1.54) is 19.3 Å². The molecule has 0 N–H and O–H groups in total. The summed E-state index contributed by atoms with van der Waals surface area (Å²) in [5.41, 5.74) is 3.00. The second kappa shape index (κ2) is 7.84. The lowest BCUT2D eigenvalue weighted by molar-refractivity contribution is -0.384. The lowest BCUT2D eigenvalue weighted by atomic mass is 9.95. The number of rotatable bonds is 4. The van der Waals surface area contributed by atoms with Crippen LogP contribution in [0.2, 0.25) is 0 Å². The van der Waals surface area contributed by atoms with E-state index in [9.17, 15) is 10.1 Å². The molecular formula is C20H20N4O2S. The van der Waals surface area contributed by atoms with Crippen molar-refractivity contribution in [3.63, 3.8) is 0 Å². The van der Waals surface area contributed by atoms with Crippen LogP contribution in [0.5, 0.6) is 0 Å². The van der Waals surface area contributed by atoms with Crippen molar-refractivity contribution < 1.29 is 4.92 Å². The van der Waals surface area contributed by atoms with Crippen LogP contribution in [-0.2, 0) is 0 Å². The van der Waals surface area contributed by atoms with Crippen molar-refractivity contribution in [3.05, 3.63) is 69.1 Å². The maximum Gasteiger partial charge on any atom is 0.269 e. The predicted octanol–water partition coefficient (Wildman–Crippen LogP) is 5.26. The number of thiazole rings is 1. The fraction of sp³-hybridized carbons (Fsp3) is 0.300. The van der Waals surface area contributed by atoms with Crippen LogP contribution in [-0.4, -0.2) is 14.5 Å². The van der Waals surface area contributed by atoms with Crippen LogP contribution in [0.4, 0.5) is 11.4 Å². The number of benzene rings is 1. The molecule has 7 heteroatoms. The molecule has 6 nitrogen and oxygen atoms in total. The Bertz CT molecular complexity index is 987. The fourth-order valence-corrected chi connectivity index (χ4v) is 4.57. The van der Waals surface area contributed by atoms with Gasteiger partial charge in [-0.1, -0.05) is 19.3 Å². The van der Waals surface area contributed by atoms with Gasteiger partial charge in [0.25, 0.3) is 5.69 Å². The maximum absolute atomic E-state index is 11.0. The van der Waals surface area contributed by atoms with Gasteiger partial charge < -0.3 is 4.57 Å². The van der Waals surface area contributed by atoms with E-state index in [0.717, 1.165) is 34.6 Å². The third-order valence-corrected chi connectivity index (χ3v) is 5.77. The first-order chi connectivity index (χ1) is 13.2. The molecule has 0 unspecified atom stereocenters. The highest BCUT2D eigenvalue weighted by Gasteiger charge is 2.20. The molecular weight excluding hydrogens is 360 g/mol. The predicted molar refractivity (Wildman–Crippen MR) is 106 cm³/mol. The summed E-state index contributed by atoms with van der Waals surface area (Å²) in [4.78, 5) is 20.5. The molecule has 0 amide bonds. The van der Waals surface area contributed by atoms with Crippen LogP contribution in [0.15, 0.2) is 59.2 Å². The highest BCUT2D eigenvalue weighted by atomic mass is 32.1. The largest absolute Gasteiger partial charge is 0.313 e. The SMILES string of the molecule is O=[N+]([O-])c1ccc(-c2csc(=Nc3cccnc3)n2C2CCCCC2)cc1. The smallest absolute Gasteiger partial charge is 0.269 e. The molecule has 4 rings (SSSR count). The van der Waals surface area contributed by atoms with Gasteiger partial charge in [-0.25, -0.2) is 4.99 Å². The molecule has 0 bridgehead atoms. The van der Waals surface area contributed by atoms with Crippen molar-refractivity contribution in [1.29, 1.82) is 0 Å². The Morgan fingerprint density at radius 2 is 1.93 bits per heavy atom. The standard InChI is InChI=1S/C20H20N4O2S/c25-24(26)18-10-8-15(9-11-18)19-14-27-20(22-16-5-4-12-21-13-16)23(19)17-6-2-1-3-7-17/h4-5,8-14,17H,1-3,6-7H2. The molecule has 0 saturated heterocycles. The van der Waals surface area contributed by atoms with E-state index in [4.69, 9.17) is 4.99 Å². The van der Waals surface area contributed by atoms with Crippen molar-refractivity contribution in [2.45, 2.75) is 38.1 Å². The highest BCUT2D eigenvalue weighted by Crippen LogP contribution is 2.33. The Balaban J connectivity index is 1.81. The summed E-state index contributed by atoms with van der Waals surface area (Å²) in [7, 11) is 0. The summed E-state index contributed by atoms with van der Waals surface area (Å²) in [6.45, 7) is 0. The minimum Gasteiger partial charge on any atom is -0.313 e. The lowest BCUT2D eigenvalue weighted by Crippen LogP contribution is -2.23. The number of nitro groups is 1. The zero-order chi connectivity index (χ0) is 18.6. The Kier molecular flexibility index (Phi) is 5.11. The van der Waals surface area contributed by atoms with Gasteiger partial charge in [0.15, 0.2) is 4.80 Å². The van der Waals surface area contributed by atoms with Crippen LogP contribution in [0.25, 0.3) is 11.3 Å². The van der Waals surface area contributed by atoms with E-state index < -0.39 is 0 Å². The third kappa shape index (κ3) is 3.83. The van der Waals surface area contributed by atoms with Crippen molar-refractivity contribution >= 4 is 22.7 Å². The summed E-state index contributed by atoms with van der Waals surface area (Å²) < 4.78 is 2.32. The molecule has 2 aromatic heterocycles. The lowest BCUT2D eigenvalue weighted by Gasteiger charge is -2.25. The molecule has 0 spiro atoms. The number of pyridine rings is 1. The quantitative estimate of drug-likeness (QED) is 0.458. The maximum atomic E-state index is 11.0. The van der Waals surface area contributed by atoms with Gasteiger partial charge in [0.2, 0.25) is 0 Å². The summed E-state index contributed by atoms with van der Waals surface area (Å²) >= 11 is 1.60. The molecule has 0 radical (unpaired) electrons. The second-order valence-corrected chi connectivity index (χ2v) is 7.53. The first kappa shape index (κ1) is 17.6. The average molecular weight is 380 g/mol. The van der Waals surface area contributed by atoms with E-state index in [0.29, 0.717) is 6.04 Å². The summed E-state index contributed by atoms with van der Waals surface area (Å²) in [5, 5.41) is 13.1. The summed E-state index contributed by atoms with van der Waals surface area (Å²) in [5.74, 6) is 0. The zero-order valence-electron chi connectivity index (χ0n) is 14.8. The summed E-state index contributed by atoms with van der Waals surface area (Å²) in [6, 6.07) is 11.0. The molecule has 3 aromatic rings. The molecule has 138 valence electrons. The van der Waals surface area contributed by atoms with Crippen molar-refractivity contribution in [2.75, 3.05) is 0 Å². The Morgan fingerprint density at radius 1 is 1.15 bits per heavy atom. The molecule has 1 aliphatic carbocycles. The average Bonchev–Trinajstić information content (AvgIpc) is 3.13. The normalized spacial score (nSPS) is 15.8. The first-order valence-corrected chi connectivity index (χ1v) is 10.00. The number of nitro benzene ring substituents is 1. The minimum atomic E-state index is -0.365. The van der Waals surface area contributed by atoms with Gasteiger partial charge in [0, 0.05) is 29.8 Å². The van der Waals surface area contributed by atoms with E-state index in [2.05, 4.69) is 14.9 Å². The number of aromatic nitrogens is 2. The minimum absolute atomic E-state index is 0.110. The van der Waals surface area contributed by atoms with Gasteiger partial charge in [-0.3, -0.25) is 15.1 Å². The zero-order valence-corrected chi connectivity index (χ0v) is 15.6. The monoisotopic (exact) mass is 380 g/mol. The van der Waals surface area contributed by atoms with Crippen LogP contribution >= 0.6 is 11.3 Å². The highest BCUT2D eigenvalue weighted by molar-refractivity contribution is 7.07. The third-order valence-electron chi connectivity index (χ3n) is 4.93. The fourth-order valence-electron chi connectivity index (χ4n) is 3.59. The molecule has 0 aliphatic heterocycles. The van der Waals surface area contributed by atoms with Crippen LogP contribution < -0.4 is 4.80 Å². The molecule has 1 aliphatic rings. The topological polar surface area (TPSA) is 73.3 Å². The Hall–Kier alpha value is -2.80. The van der Waals surface area contributed by atoms with E-state index in [1.807, 2.05) is 24.3 Å². The van der Waals surface area contributed by atoms with Crippen LogP contribution in [0.3, 0.4) is 0 Å². The molecule has 0 atom stereocenters. The summed E-state index contributed by atoms with van der Waals surface area (Å²) in [6.07, 6.45) is 9.50. The van der Waals surface area contributed by atoms with Gasteiger partial charge in [-0.05, 0) is 42.7 Å². The number of hydrogen-bond donors (Lipinski definition) is 0.